The van der Waals surface area contributed by atoms with Crippen LogP contribution in [-0.4, -0.2) is 24.6 Å². The minimum absolute atomic E-state index is 0. The minimum atomic E-state index is -0.245. The zero-order valence-electron chi connectivity index (χ0n) is 21.5. The highest BCUT2D eigenvalue weighted by Crippen LogP contribution is 2.66. The van der Waals surface area contributed by atoms with Crippen LogP contribution in [0.1, 0.15) is 88.5 Å². The molecule has 4 aliphatic rings. The number of carbonyl (C=O) groups excluding carboxylic acids is 3. The zero-order valence-corrected chi connectivity index (χ0v) is 21.5. The van der Waals surface area contributed by atoms with E-state index in [1.165, 1.54) is 37.2 Å². The molecule has 0 aliphatic heterocycles. The molecule has 6 atom stereocenters. The van der Waals surface area contributed by atoms with E-state index in [1.807, 2.05) is 26.0 Å². The number of carbonyl (C=O) groups is 3. The lowest BCUT2D eigenvalue weighted by Gasteiger charge is -2.57. The van der Waals surface area contributed by atoms with Gasteiger partial charge >= 0.3 is 5.97 Å². The molecule has 0 bridgehead atoms. The summed E-state index contributed by atoms with van der Waals surface area (Å²) in [6, 6.07) is 0. The second-order valence-electron chi connectivity index (χ2n) is 10.1. The summed E-state index contributed by atoms with van der Waals surface area (Å²) in [4.78, 5) is 33.9. The van der Waals surface area contributed by atoms with Crippen LogP contribution in [0.15, 0.2) is 34.9 Å². The van der Waals surface area contributed by atoms with Gasteiger partial charge < -0.3 is 4.74 Å². The van der Waals surface area contributed by atoms with Crippen LogP contribution in [0, 0.1) is 34.5 Å². The number of ether oxygens (including phenoxy) is 1. The van der Waals surface area contributed by atoms with E-state index < -0.39 is 0 Å². The predicted molar refractivity (Wildman–Crippen MR) is 136 cm³/mol. The normalized spacial score (nSPS) is 35.8. The number of allylic oxidation sites excluding steroid dienone is 6. The van der Waals surface area contributed by atoms with Crippen molar-refractivity contribution in [1.29, 1.82) is 0 Å². The van der Waals surface area contributed by atoms with Gasteiger partial charge in [0.15, 0.2) is 5.78 Å². The molecule has 0 amide bonds. The Balaban J connectivity index is 0.000000606. The summed E-state index contributed by atoms with van der Waals surface area (Å²) in [5.74, 6) is 2.18. The number of ketones is 2. The van der Waals surface area contributed by atoms with Crippen LogP contribution in [0.25, 0.3) is 0 Å². The molecule has 0 N–H and O–H groups in total. The van der Waals surface area contributed by atoms with Crippen molar-refractivity contribution >= 4 is 17.5 Å². The Kier molecular flexibility index (Phi) is 9.66. The Morgan fingerprint density at radius 3 is 2.09 bits per heavy atom. The minimum Gasteiger partial charge on any atom is -0.469 e. The quantitative estimate of drug-likeness (QED) is 0.401. The molecule has 0 aromatic heterocycles. The third-order valence-electron chi connectivity index (χ3n) is 8.74. The van der Waals surface area contributed by atoms with Gasteiger partial charge in [-0.2, -0.15) is 0 Å². The first-order chi connectivity index (χ1) is 15.0. The highest BCUT2D eigenvalue weighted by Gasteiger charge is 2.59. The Hall–Kier alpha value is -1.97. The molecule has 0 aromatic rings. The van der Waals surface area contributed by atoms with Crippen molar-refractivity contribution < 1.29 is 19.1 Å². The standard InChI is InChI=1S/C23H30O2.C3H6O2.C2H6.CH4/c1-13-10-17-19-7-6-18(15(3)24)22(19,4)9-8-20(17)23(5)14(2)11-16(25)12-21(13)23;1-3(4)5-2;1-2;/h10-12,17-20H,6-9H2,1-5H3;1-2H3;1-2H3;1H4. The summed E-state index contributed by atoms with van der Waals surface area (Å²) in [6.45, 7) is 16.2. The summed E-state index contributed by atoms with van der Waals surface area (Å²) in [7, 11) is 1.35. The van der Waals surface area contributed by atoms with E-state index in [9.17, 15) is 14.4 Å². The summed E-state index contributed by atoms with van der Waals surface area (Å²) in [5.41, 5.74) is 3.88. The second-order valence-corrected chi connectivity index (χ2v) is 10.1. The molecule has 4 nitrogen and oxygen atoms in total. The van der Waals surface area contributed by atoms with Crippen LogP contribution in [0.4, 0.5) is 0 Å². The molecule has 0 heterocycles. The largest absolute Gasteiger partial charge is 0.469 e. The SMILES string of the molecule is C.CC.CC(=O)C1CCC2C3C=C(C)C4=CC(=O)C=C(C)C4(C)C3CCC12C.COC(C)=O. The summed E-state index contributed by atoms with van der Waals surface area (Å²) >= 11 is 0. The van der Waals surface area contributed by atoms with Crippen molar-refractivity contribution in [1.82, 2.24) is 0 Å². The number of hydrogen-bond acceptors (Lipinski definition) is 4. The van der Waals surface area contributed by atoms with Gasteiger partial charge in [-0.05, 0) is 87.3 Å². The van der Waals surface area contributed by atoms with Gasteiger partial charge in [0.2, 0.25) is 0 Å². The third-order valence-corrected chi connectivity index (χ3v) is 8.74. The van der Waals surface area contributed by atoms with Gasteiger partial charge in [-0.1, -0.05) is 52.3 Å². The maximum atomic E-state index is 12.2. The van der Waals surface area contributed by atoms with E-state index >= 15 is 0 Å². The Bertz CT molecular complexity index is 861. The van der Waals surface area contributed by atoms with E-state index in [1.54, 1.807) is 6.92 Å². The van der Waals surface area contributed by atoms with E-state index in [4.69, 9.17) is 0 Å². The second kappa shape index (κ2) is 11.0. The van der Waals surface area contributed by atoms with Crippen molar-refractivity contribution in [2.24, 2.45) is 34.5 Å². The molecule has 33 heavy (non-hydrogen) atoms. The molecule has 4 heteroatoms. The monoisotopic (exact) mass is 458 g/mol. The van der Waals surface area contributed by atoms with E-state index in [0.717, 1.165) is 19.3 Å². The highest BCUT2D eigenvalue weighted by atomic mass is 16.5. The fourth-order valence-electron chi connectivity index (χ4n) is 7.07. The van der Waals surface area contributed by atoms with E-state index in [2.05, 4.69) is 38.5 Å². The van der Waals surface area contributed by atoms with Gasteiger partial charge in [0, 0.05) is 18.3 Å². The van der Waals surface area contributed by atoms with Gasteiger partial charge in [-0.3, -0.25) is 14.4 Å². The lowest BCUT2D eigenvalue weighted by Crippen LogP contribution is -2.50. The molecule has 4 rings (SSSR count). The Labute approximate surface area is 201 Å². The molecule has 0 aromatic carbocycles. The summed E-state index contributed by atoms with van der Waals surface area (Å²) in [5, 5.41) is 0. The zero-order chi connectivity index (χ0) is 24.4. The smallest absolute Gasteiger partial charge is 0.302 e. The van der Waals surface area contributed by atoms with Crippen molar-refractivity contribution in [3.05, 3.63) is 34.9 Å². The van der Waals surface area contributed by atoms with Gasteiger partial charge in [0.1, 0.15) is 5.78 Å². The molecule has 2 saturated carbocycles. The number of esters is 1. The van der Waals surface area contributed by atoms with E-state index in [-0.39, 0.29) is 35.9 Å². The van der Waals surface area contributed by atoms with Gasteiger partial charge in [-0.15, -0.1) is 0 Å². The number of fused-ring (bicyclic) bond motifs is 5. The third kappa shape index (κ3) is 4.95. The van der Waals surface area contributed by atoms with Crippen LogP contribution in [0.3, 0.4) is 0 Å². The van der Waals surface area contributed by atoms with Crippen molar-refractivity contribution in [2.75, 3.05) is 7.11 Å². The van der Waals surface area contributed by atoms with Crippen molar-refractivity contribution in [2.45, 2.75) is 88.5 Å². The molecule has 186 valence electrons. The number of Topliss-reactive ketones (excluding diaryl/α,β-unsaturated/α-hetero) is 1. The molecule has 0 spiro atoms. The first kappa shape index (κ1) is 29.1. The molecular formula is C29H46O4. The van der Waals surface area contributed by atoms with Crippen LogP contribution >= 0.6 is 0 Å². The lowest BCUT2D eigenvalue weighted by atomic mass is 9.47. The summed E-state index contributed by atoms with van der Waals surface area (Å²) < 4.78 is 4.11. The number of methoxy groups -OCH3 is 1. The lowest BCUT2D eigenvalue weighted by molar-refractivity contribution is -0.138. The first-order valence-corrected chi connectivity index (χ1v) is 12.2. The Morgan fingerprint density at radius 1 is 1.00 bits per heavy atom. The van der Waals surface area contributed by atoms with Gasteiger partial charge in [0.05, 0.1) is 7.11 Å². The molecular weight excluding hydrogens is 412 g/mol. The average molecular weight is 459 g/mol. The van der Waals surface area contributed by atoms with Crippen LogP contribution in [0.2, 0.25) is 0 Å². The maximum absolute atomic E-state index is 12.2. The van der Waals surface area contributed by atoms with Gasteiger partial charge in [-0.25, -0.2) is 0 Å². The molecule has 0 saturated heterocycles. The molecule has 2 fully saturated rings. The fourth-order valence-corrected chi connectivity index (χ4v) is 7.07. The molecule has 4 aliphatic carbocycles. The van der Waals surface area contributed by atoms with Crippen LogP contribution in [-0.2, 0) is 19.1 Å². The van der Waals surface area contributed by atoms with Crippen molar-refractivity contribution in [3.63, 3.8) is 0 Å². The maximum Gasteiger partial charge on any atom is 0.302 e. The van der Waals surface area contributed by atoms with Crippen molar-refractivity contribution in [3.8, 4) is 0 Å². The molecule has 0 radical (unpaired) electrons. The van der Waals surface area contributed by atoms with Crippen LogP contribution < -0.4 is 0 Å². The highest BCUT2D eigenvalue weighted by molar-refractivity contribution is 6.02. The molecule has 6 unspecified atom stereocenters. The number of hydrogen-bond donors (Lipinski definition) is 0. The Morgan fingerprint density at radius 2 is 1.58 bits per heavy atom. The summed E-state index contributed by atoms with van der Waals surface area (Å²) in [6.07, 6.45) is 10.7. The van der Waals surface area contributed by atoms with Crippen LogP contribution in [0.5, 0.6) is 0 Å². The first-order valence-electron chi connectivity index (χ1n) is 12.2. The number of rotatable bonds is 1. The average Bonchev–Trinajstić information content (AvgIpc) is 3.10. The van der Waals surface area contributed by atoms with Gasteiger partial charge in [0.25, 0.3) is 0 Å². The fraction of sp³-hybridized carbons (Fsp3) is 0.690. The predicted octanol–water partition coefficient (Wildman–Crippen LogP) is 6.90. The topological polar surface area (TPSA) is 60.4 Å². The van der Waals surface area contributed by atoms with E-state index in [0.29, 0.717) is 23.5 Å².